The van der Waals surface area contributed by atoms with Crippen LogP contribution in [0.1, 0.15) is 5.56 Å². The van der Waals surface area contributed by atoms with Gasteiger partial charge in [-0.2, -0.15) is 8.78 Å². The van der Waals surface area contributed by atoms with Gasteiger partial charge >= 0.3 is 5.76 Å². The lowest BCUT2D eigenvalue weighted by atomic mass is 10.2. The first-order valence-electron chi connectivity index (χ1n) is 8.62. The Kier molecular flexibility index (Phi) is 5.96. The molecule has 1 saturated heterocycles. The third-order valence-corrected chi connectivity index (χ3v) is 6.10. The van der Waals surface area contributed by atoms with Crippen molar-refractivity contribution in [1.29, 1.82) is 0 Å². The second kappa shape index (κ2) is 8.22. The van der Waals surface area contributed by atoms with Crippen LogP contribution in [-0.2, 0) is 16.4 Å². The van der Waals surface area contributed by atoms with E-state index in [2.05, 4.69) is 9.80 Å². The van der Waals surface area contributed by atoms with Crippen LogP contribution in [0.5, 0.6) is 5.75 Å². The summed E-state index contributed by atoms with van der Waals surface area (Å²) in [5.74, 6) is -2.56. The van der Waals surface area contributed by atoms with Gasteiger partial charge in [0.2, 0.25) is 9.84 Å². The third-order valence-electron chi connectivity index (χ3n) is 4.70. The number of alkyl halides is 2. The minimum Gasteiger partial charge on any atom is -0.497 e. The maximum absolute atomic E-state index is 12.6. The Morgan fingerprint density at radius 3 is 2.07 bits per heavy atom. The highest BCUT2D eigenvalue weighted by Gasteiger charge is 2.26. The molecule has 1 heterocycles. The fourth-order valence-corrected chi connectivity index (χ4v) is 3.82. The Morgan fingerprint density at radius 1 is 0.963 bits per heavy atom. The number of halogens is 2. The van der Waals surface area contributed by atoms with Crippen molar-refractivity contribution in [2.45, 2.75) is 17.2 Å². The summed E-state index contributed by atoms with van der Waals surface area (Å²) in [6.45, 7) is 4.16. The van der Waals surface area contributed by atoms with Gasteiger partial charge in [0, 0.05) is 38.4 Å². The fourth-order valence-electron chi connectivity index (χ4n) is 3.10. The minimum absolute atomic E-state index is 0.348. The fraction of sp³-hybridized carbons (Fsp3) is 0.368. The van der Waals surface area contributed by atoms with E-state index < -0.39 is 15.6 Å². The monoisotopic (exact) mass is 396 g/mol. The minimum atomic E-state index is -4.54. The Bertz CT molecular complexity index is 848. The van der Waals surface area contributed by atoms with Crippen LogP contribution >= 0.6 is 0 Å². The summed E-state index contributed by atoms with van der Waals surface area (Å²) < 4.78 is 53.4. The summed E-state index contributed by atoms with van der Waals surface area (Å²) in [6, 6.07) is 13.7. The molecule has 0 spiro atoms. The summed E-state index contributed by atoms with van der Waals surface area (Å²) in [7, 11) is -2.90. The first-order chi connectivity index (χ1) is 12.9. The smallest absolute Gasteiger partial charge is 0.341 e. The largest absolute Gasteiger partial charge is 0.497 e. The van der Waals surface area contributed by atoms with Gasteiger partial charge in [-0.15, -0.1) is 0 Å². The summed E-state index contributed by atoms with van der Waals surface area (Å²) in [5, 5.41) is 0. The normalized spacial score (nSPS) is 15.9. The molecule has 0 bridgehead atoms. The molecule has 0 unspecified atom stereocenters. The van der Waals surface area contributed by atoms with Crippen LogP contribution in [0.4, 0.5) is 14.5 Å². The number of nitrogens with zero attached hydrogens (tertiary/aromatic N) is 2. The van der Waals surface area contributed by atoms with E-state index in [0.717, 1.165) is 44.2 Å². The third kappa shape index (κ3) is 4.56. The molecule has 146 valence electrons. The predicted molar refractivity (Wildman–Crippen MR) is 100 cm³/mol. The Morgan fingerprint density at radius 2 is 1.56 bits per heavy atom. The molecule has 2 aromatic rings. The molecule has 0 atom stereocenters. The lowest BCUT2D eigenvalue weighted by Crippen LogP contribution is -2.45. The molecule has 1 aliphatic rings. The van der Waals surface area contributed by atoms with E-state index in [9.17, 15) is 17.2 Å². The standard InChI is InChI=1S/C19H22F2N2O3S/c1-26-17-6-2-15(3-7-17)14-22-10-12-23(13-11-22)16-4-8-18(9-5-16)27(24,25)19(20)21/h2-9,19H,10-14H2,1H3. The van der Waals surface area contributed by atoms with E-state index in [1.165, 1.54) is 17.7 Å². The van der Waals surface area contributed by atoms with Gasteiger partial charge in [0.15, 0.2) is 0 Å². The molecule has 0 amide bonds. The van der Waals surface area contributed by atoms with Crippen molar-refractivity contribution in [3.63, 3.8) is 0 Å². The van der Waals surface area contributed by atoms with Gasteiger partial charge in [-0.1, -0.05) is 12.1 Å². The van der Waals surface area contributed by atoms with Gasteiger partial charge in [-0.05, 0) is 42.0 Å². The quantitative estimate of drug-likeness (QED) is 0.751. The van der Waals surface area contributed by atoms with Gasteiger partial charge in [0.25, 0.3) is 0 Å². The van der Waals surface area contributed by atoms with E-state index in [4.69, 9.17) is 4.74 Å². The summed E-state index contributed by atoms with van der Waals surface area (Å²) in [5.41, 5.74) is 2.05. The van der Waals surface area contributed by atoms with Gasteiger partial charge in [-0.3, -0.25) is 4.90 Å². The summed E-state index contributed by atoms with van der Waals surface area (Å²) >= 11 is 0. The Labute approximate surface area is 158 Å². The van der Waals surface area contributed by atoms with Crippen molar-refractivity contribution < 1.29 is 21.9 Å². The molecule has 2 aromatic carbocycles. The first-order valence-corrected chi connectivity index (χ1v) is 10.2. The molecule has 0 saturated carbocycles. The van der Waals surface area contributed by atoms with Crippen LogP contribution in [0.15, 0.2) is 53.4 Å². The lowest BCUT2D eigenvalue weighted by Gasteiger charge is -2.36. The Balaban J connectivity index is 1.57. The van der Waals surface area contributed by atoms with E-state index in [1.54, 1.807) is 19.2 Å². The molecule has 8 heteroatoms. The molecule has 3 rings (SSSR count). The molecule has 1 fully saturated rings. The number of rotatable bonds is 6. The van der Waals surface area contributed by atoms with E-state index >= 15 is 0 Å². The number of ether oxygens (including phenoxy) is 1. The molecule has 27 heavy (non-hydrogen) atoms. The zero-order chi connectivity index (χ0) is 19.4. The number of hydrogen-bond acceptors (Lipinski definition) is 5. The van der Waals surface area contributed by atoms with Crippen LogP contribution in [0, 0.1) is 0 Å². The average molecular weight is 396 g/mol. The lowest BCUT2D eigenvalue weighted by molar-refractivity contribution is 0.234. The second-order valence-corrected chi connectivity index (χ2v) is 8.33. The Hall–Kier alpha value is -2.19. The zero-order valence-electron chi connectivity index (χ0n) is 15.0. The molecular weight excluding hydrogens is 374 g/mol. The topological polar surface area (TPSA) is 49.9 Å². The van der Waals surface area contributed by atoms with Crippen LogP contribution < -0.4 is 9.64 Å². The van der Waals surface area contributed by atoms with Gasteiger partial charge in [-0.25, -0.2) is 8.42 Å². The second-order valence-electron chi connectivity index (χ2n) is 6.41. The average Bonchev–Trinajstić information content (AvgIpc) is 2.69. The van der Waals surface area contributed by atoms with Crippen molar-refractivity contribution in [1.82, 2.24) is 4.90 Å². The van der Waals surface area contributed by atoms with Crippen LogP contribution in [-0.4, -0.2) is 52.4 Å². The maximum atomic E-state index is 12.6. The molecule has 5 nitrogen and oxygen atoms in total. The zero-order valence-corrected chi connectivity index (χ0v) is 15.8. The molecular formula is C19H22F2N2O3S. The van der Waals surface area contributed by atoms with Gasteiger partial charge < -0.3 is 9.64 Å². The first kappa shape index (κ1) is 19.6. The van der Waals surface area contributed by atoms with Gasteiger partial charge in [0.1, 0.15) is 5.75 Å². The predicted octanol–water partition coefficient (Wildman–Crippen LogP) is 3.01. The molecule has 0 radical (unpaired) electrons. The van der Waals surface area contributed by atoms with Crippen LogP contribution in [0.3, 0.4) is 0 Å². The highest BCUT2D eigenvalue weighted by Crippen LogP contribution is 2.23. The van der Waals surface area contributed by atoms with Crippen molar-refractivity contribution in [2.75, 3.05) is 38.2 Å². The number of anilines is 1. The molecule has 1 aliphatic heterocycles. The molecule has 0 aromatic heterocycles. The number of sulfone groups is 1. The van der Waals surface area contributed by atoms with Gasteiger partial charge in [0.05, 0.1) is 12.0 Å². The number of methoxy groups -OCH3 is 1. The molecule has 0 N–H and O–H groups in total. The summed E-state index contributed by atoms with van der Waals surface area (Å²) in [4.78, 5) is 4.12. The SMILES string of the molecule is COc1ccc(CN2CCN(c3ccc(S(=O)(=O)C(F)F)cc3)CC2)cc1. The number of piperazine rings is 1. The van der Waals surface area contributed by atoms with E-state index in [1.807, 2.05) is 24.3 Å². The maximum Gasteiger partial charge on any atom is 0.341 e. The molecule has 0 aliphatic carbocycles. The number of hydrogen-bond donors (Lipinski definition) is 0. The van der Waals surface area contributed by atoms with E-state index in [-0.39, 0.29) is 4.90 Å². The summed E-state index contributed by atoms with van der Waals surface area (Å²) in [6.07, 6.45) is 0. The van der Waals surface area contributed by atoms with Crippen molar-refractivity contribution in [3.05, 3.63) is 54.1 Å². The van der Waals surface area contributed by atoms with Crippen molar-refractivity contribution in [3.8, 4) is 5.75 Å². The van der Waals surface area contributed by atoms with Crippen molar-refractivity contribution >= 4 is 15.5 Å². The highest BCUT2D eigenvalue weighted by molar-refractivity contribution is 7.91. The number of benzene rings is 2. The highest BCUT2D eigenvalue weighted by atomic mass is 32.2. The van der Waals surface area contributed by atoms with Crippen LogP contribution in [0.25, 0.3) is 0 Å². The van der Waals surface area contributed by atoms with Crippen LogP contribution in [0.2, 0.25) is 0 Å². The van der Waals surface area contributed by atoms with E-state index in [0.29, 0.717) is 0 Å². The van der Waals surface area contributed by atoms with Crippen molar-refractivity contribution in [2.24, 2.45) is 0 Å².